The first kappa shape index (κ1) is 21.3. The second-order valence-corrected chi connectivity index (χ2v) is 7.32. The van der Waals surface area contributed by atoms with Gasteiger partial charge in [0.15, 0.2) is 0 Å². The van der Waals surface area contributed by atoms with Crippen molar-refractivity contribution in [3.8, 4) is 0 Å². The monoisotopic (exact) mass is 328 g/mol. The molecule has 0 amide bonds. The summed E-state index contributed by atoms with van der Waals surface area (Å²) in [4.78, 5) is 0. The van der Waals surface area contributed by atoms with Crippen molar-refractivity contribution in [3.63, 3.8) is 0 Å². The van der Waals surface area contributed by atoms with Gasteiger partial charge in [0.2, 0.25) is 0 Å². The Labute approximate surface area is 152 Å². The maximum Gasteiger partial charge on any atom is -0.0146 e. The average molecular weight is 329 g/mol. The molecule has 1 aromatic rings. The Hall–Kier alpha value is -0.780. The van der Waals surface area contributed by atoms with Gasteiger partial charge in [-0.25, -0.2) is 0 Å². The predicted molar refractivity (Wildman–Crippen MR) is 108 cm³/mol. The summed E-state index contributed by atoms with van der Waals surface area (Å²) in [7, 11) is 0. The van der Waals surface area contributed by atoms with Crippen LogP contribution in [-0.2, 0) is 12.8 Å². The summed E-state index contributed by atoms with van der Waals surface area (Å²) in [6.07, 6.45) is 21.8. The topological polar surface area (TPSA) is 0 Å². The molecule has 0 saturated heterocycles. The quantitative estimate of drug-likeness (QED) is 0.271. The molecule has 0 heteroatoms. The van der Waals surface area contributed by atoms with E-state index in [1.165, 1.54) is 114 Å². The number of unbranched alkanes of at least 4 members (excludes halogenated alkanes) is 12. The number of hydrogen-bond acceptors (Lipinski definition) is 0. The largest absolute Gasteiger partial charge is 0.0654 e. The molecule has 0 N–H and O–H groups in total. The van der Waals surface area contributed by atoms with Crippen LogP contribution in [0.25, 0.3) is 0 Å². The predicted octanol–water partition coefficient (Wildman–Crippen LogP) is 7.87. The molecular formula is C24H40. The zero-order chi connectivity index (χ0) is 17.3. The van der Waals surface area contributed by atoms with Gasteiger partial charge < -0.3 is 0 Å². The lowest BCUT2D eigenvalue weighted by Gasteiger charge is -2.09. The number of aryl methyl sites for hydroxylation is 2. The molecule has 0 unspecified atom stereocenters. The molecule has 0 nitrogen and oxygen atoms in total. The van der Waals surface area contributed by atoms with Crippen LogP contribution < -0.4 is 0 Å². The van der Waals surface area contributed by atoms with E-state index >= 15 is 0 Å². The van der Waals surface area contributed by atoms with Crippen LogP contribution in [0, 0.1) is 12.1 Å². The highest BCUT2D eigenvalue weighted by molar-refractivity contribution is 5.25. The lowest BCUT2D eigenvalue weighted by atomic mass is 9.96. The van der Waals surface area contributed by atoms with Gasteiger partial charge in [-0.05, 0) is 48.9 Å². The van der Waals surface area contributed by atoms with E-state index in [0.717, 1.165) is 0 Å². The Bertz CT molecular complexity index is 342. The maximum atomic E-state index is 3.49. The molecule has 0 aliphatic heterocycles. The minimum atomic E-state index is 1.21. The van der Waals surface area contributed by atoms with E-state index in [-0.39, 0.29) is 0 Å². The zero-order valence-electron chi connectivity index (χ0n) is 16.5. The van der Waals surface area contributed by atoms with Gasteiger partial charge in [-0.15, -0.1) is 0 Å². The SMILES string of the molecule is CCCCCCCCCc1[c]cc[c]c1CCCCCCCCC. The van der Waals surface area contributed by atoms with E-state index in [1.54, 1.807) is 0 Å². The Kier molecular flexibility index (Phi) is 13.9. The van der Waals surface area contributed by atoms with E-state index in [2.05, 4.69) is 26.0 Å². The lowest BCUT2D eigenvalue weighted by Crippen LogP contribution is -1.96. The molecule has 2 radical (unpaired) electrons. The summed E-state index contributed by atoms with van der Waals surface area (Å²) in [5, 5.41) is 0. The second kappa shape index (κ2) is 15.7. The van der Waals surface area contributed by atoms with Gasteiger partial charge in [0.05, 0.1) is 0 Å². The molecule has 0 spiro atoms. The van der Waals surface area contributed by atoms with E-state index < -0.39 is 0 Å². The Morgan fingerprint density at radius 2 is 0.833 bits per heavy atom. The van der Waals surface area contributed by atoms with Gasteiger partial charge in [-0.1, -0.05) is 103 Å². The molecule has 0 heterocycles. The highest BCUT2D eigenvalue weighted by Gasteiger charge is 2.03. The highest BCUT2D eigenvalue weighted by Crippen LogP contribution is 2.17. The molecule has 0 bridgehead atoms. The van der Waals surface area contributed by atoms with Crippen LogP contribution in [0.5, 0.6) is 0 Å². The van der Waals surface area contributed by atoms with E-state index in [4.69, 9.17) is 0 Å². The first-order valence-corrected chi connectivity index (χ1v) is 10.8. The fourth-order valence-electron chi connectivity index (χ4n) is 3.42. The summed E-state index contributed by atoms with van der Waals surface area (Å²) in [5.74, 6) is 0. The fraction of sp³-hybridized carbons (Fsp3) is 0.750. The van der Waals surface area contributed by atoms with Crippen LogP contribution in [0.3, 0.4) is 0 Å². The van der Waals surface area contributed by atoms with Crippen LogP contribution in [0.2, 0.25) is 0 Å². The van der Waals surface area contributed by atoms with Crippen molar-refractivity contribution in [3.05, 3.63) is 35.4 Å². The van der Waals surface area contributed by atoms with Crippen molar-refractivity contribution in [2.45, 2.75) is 117 Å². The first-order valence-electron chi connectivity index (χ1n) is 10.8. The average Bonchev–Trinajstić information content (AvgIpc) is 2.61. The Morgan fingerprint density at radius 1 is 0.500 bits per heavy atom. The van der Waals surface area contributed by atoms with Crippen LogP contribution in [-0.4, -0.2) is 0 Å². The van der Waals surface area contributed by atoms with Gasteiger partial charge in [0.1, 0.15) is 0 Å². The number of rotatable bonds is 16. The summed E-state index contributed by atoms with van der Waals surface area (Å²) < 4.78 is 0. The number of benzene rings is 1. The van der Waals surface area contributed by atoms with E-state index in [0.29, 0.717) is 0 Å². The first-order chi connectivity index (χ1) is 11.9. The summed E-state index contributed by atoms with van der Waals surface area (Å²) in [6, 6.07) is 11.1. The maximum absolute atomic E-state index is 3.49. The van der Waals surface area contributed by atoms with Crippen molar-refractivity contribution in [2.24, 2.45) is 0 Å². The van der Waals surface area contributed by atoms with Crippen molar-refractivity contribution >= 4 is 0 Å². The normalized spacial score (nSPS) is 11.1. The molecule has 1 aromatic carbocycles. The van der Waals surface area contributed by atoms with Crippen molar-refractivity contribution in [2.75, 3.05) is 0 Å². The Balaban J connectivity index is 2.14. The third-order valence-electron chi connectivity index (χ3n) is 5.02. The molecule has 136 valence electrons. The fourth-order valence-corrected chi connectivity index (χ4v) is 3.42. The highest BCUT2D eigenvalue weighted by atomic mass is 14.1. The zero-order valence-corrected chi connectivity index (χ0v) is 16.5. The minimum Gasteiger partial charge on any atom is -0.0654 e. The van der Waals surface area contributed by atoms with Crippen LogP contribution in [0.15, 0.2) is 12.1 Å². The Morgan fingerprint density at radius 3 is 1.21 bits per heavy atom. The van der Waals surface area contributed by atoms with Gasteiger partial charge in [0, 0.05) is 0 Å². The third-order valence-corrected chi connectivity index (χ3v) is 5.02. The standard InChI is InChI=1S/C24H40/c1-3-5-7-9-11-13-15-19-23-21-17-18-22-24(23)20-16-14-12-10-8-6-4-2/h17-18H,3-16,19-20H2,1-2H3. The molecule has 0 atom stereocenters. The second-order valence-electron chi connectivity index (χ2n) is 7.32. The molecule has 0 aliphatic rings. The molecule has 24 heavy (non-hydrogen) atoms. The summed E-state index contributed by atoms with van der Waals surface area (Å²) in [6.45, 7) is 4.57. The third kappa shape index (κ3) is 10.9. The van der Waals surface area contributed by atoms with Crippen molar-refractivity contribution < 1.29 is 0 Å². The number of hydrogen-bond donors (Lipinski definition) is 0. The van der Waals surface area contributed by atoms with Gasteiger partial charge >= 0.3 is 0 Å². The molecule has 0 fully saturated rings. The van der Waals surface area contributed by atoms with Gasteiger partial charge in [0.25, 0.3) is 0 Å². The van der Waals surface area contributed by atoms with E-state index in [1.807, 2.05) is 12.1 Å². The van der Waals surface area contributed by atoms with E-state index in [9.17, 15) is 0 Å². The van der Waals surface area contributed by atoms with Crippen molar-refractivity contribution in [1.82, 2.24) is 0 Å². The van der Waals surface area contributed by atoms with Crippen LogP contribution in [0.4, 0.5) is 0 Å². The van der Waals surface area contributed by atoms with Gasteiger partial charge in [-0.2, -0.15) is 0 Å². The molecular weight excluding hydrogens is 288 g/mol. The minimum absolute atomic E-state index is 1.21. The molecule has 0 aromatic heterocycles. The van der Waals surface area contributed by atoms with Gasteiger partial charge in [-0.3, -0.25) is 0 Å². The molecule has 0 saturated carbocycles. The van der Waals surface area contributed by atoms with Crippen molar-refractivity contribution in [1.29, 1.82) is 0 Å². The molecule has 0 aliphatic carbocycles. The lowest BCUT2D eigenvalue weighted by molar-refractivity contribution is 0.583. The molecule has 1 rings (SSSR count). The summed E-state index contributed by atoms with van der Waals surface area (Å²) >= 11 is 0. The van der Waals surface area contributed by atoms with Crippen LogP contribution in [0.1, 0.15) is 115 Å². The van der Waals surface area contributed by atoms with Crippen LogP contribution >= 0.6 is 0 Å². The smallest absolute Gasteiger partial charge is 0.0146 e. The summed E-state index contributed by atoms with van der Waals surface area (Å²) in [5.41, 5.74) is 2.88.